The topological polar surface area (TPSA) is 58.0 Å². The van der Waals surface area contributed by atoms with Crippen molar-refractivity contribution in [3.63, 3.8) is 0 Å². The summed E-state index contributed by atoms with van der Waals surface area (Å²) >= 11 is 3.40. The molecule has 0 radical (unpaired) electrons. The smallest absolute Gasteiger partial charge is 0.119 e. The quantitative estimate of drug-likeness (QED) is 0.352. The van der Waals surface area contributed by atoms with E-state index in [4.69, 9.17) is 10.3 Å². The molecule has 0 aliphatic carbocycles. The maximum absolute atomic E-state index is 8.04. The first-order valence-corrected chi connectivity index (χ1v) is 4.93. The molecule has 4 nitrogen and oxygen atoms in total. The number of ether oxygens (including phenoxy) is 1. The summed E-state index contributed by atoms with van der Waals surface area (Å²) in [5.41, 5.74) is 9.16. The fourth-order valence-electron chi connectivity index (χ4n) is 0.956. The lowest BCUT2D eigenvalue weighted by Crippen LogP contribution is -2.00. The van der Waals surface area contributed by atoms with Crippen LogP contribution >= 0.6 is 15.9 Å². The third-order valence-electron chi connectivity index (χ3n) is 1.65. The van der Waals surface area contributed by atoms with Crippen LogP contribution in [0.2, 0.25) is 0 Å². The molecule has 0 atom stereocenters. The van der Waals surface area contributed by atoms with Gasteiger partial charge in [-0.3, -0.25) is 0 Å². The molecule has 0 heterocycles. The largest absolute Gasteiger partial charge is 0.493 e. The van der Waals surface area contributed by atoms with Crippen molar-refractivity contribution in [2.45, 2.75) is 6.92 Å². The van der Waals surface area contributed by atoms with Crippen molar-refractivity contribution in [1.29, 1.82) is 0 Å². The average Bonchev–Trinajstić information content (AvgIpc) is 2.18. The fraction of sp³-hybridized carbons (Fsp3) is 0.333. The Morgan fingerprint density at radius 2 is 2.36 bits per heavy atom. The lowest BCUT2D eigenvalue weighted by Gasteiger charge is -2.05. The molecule has 74 valence electrons. The number of rotatable bonds is 4. The average molecular weight is 256 g/mol. The summed E-state index contributed by atoms with van der Waals surface area (Å²) in [6.07, 6.45) is 0. The maximum Gasteiger partial charge on any atom is 0.119 e. The van der Waals surface area contributed by atoms with Crippen molar-refractivity contribution in [2.24, 2.45) is 5.11 Å². The summed E-state index contributed by atoms with van der Waals surface area (Å²) in [6.45, 7) is 2.75. The van der Waals surface area contributed by atoms with Crippen LogP contribution in [0.5, 0.6) is 5.75 Å². The predicted octanol–water partition coefficient (Wildman–Crippen LogP) is 3.45. The third kappa shape index (κ3) is 3.28. The predicted molar refractivity (Wildman–Crippen MR) is 58.4 cm³/mol. The zero-order chi connectivity index (χ0) is 10.4. The zero-order valence-electron chi connectivity index (χ0n) is 7.77. The minimum Gasteiger partial charge on any atom is -0.493 e. The third-order valence-corrected chi connectivity index (χ3v) is 2.54. The van der Waals surface area contributed by atoms with Gasteiger partial charge in [0.05, 0.1) is 13.2 Å². The molecule has 0 aliphatic rings. The summed E-state index contributed by atoms with van der Waals surface area (Å²) < 4.78 is 6.41. The van der Waals surface area contributed by atoms with Crippen LogP contribution in [0.25, 0.3) is 10.4 Å². The van der Waals surface area contributed by atoms with Crippen LogP contribution in [0.1, 0.15) is 5.56 Å². The van der Waals surface area contributed by atoms with Crippen molar-refractivity contribution >= 4 is 15.9 Å². The van der Waals surface area contributed by atoms with Crippen molar-refractivity contribution in [3.8, 4) is 5.75 Å². The molecule has 0 N–H and O–H groups in total. The second kappa shape index (κ2) is 5.52. The van der Waals surface area contributed by atoms with Crippen LogP contribution in [0.3, 0.4) is 0 Å². The zero-order valence-corrected chi connectivity index (χ0v) is 9.36. The standard InChI is InChI=1S/C9H10BrN3O/c1-7-6-8(2-3-9(7)10)14-5-4-12-13-11/h2-3,6H,4-5H2,1H3. The molecule has 5 heteroatoms. The van der Waals surface area contributed by atoms with Gasteiger partial charge in [-0.05, 0) is 36.2 Å². The molecule has 0 saturated heterocycles. The molecule has 1 aromatic carbocycles. The maximum atomic E-state index is 8.04. The molecule has 14 heavy (non-hydrogen) atoms. The van der Waals surface area contributed by atoms with E-state index in [9.17, 15) is 0 Å². The number of hydrogen-bond donors (Lipinski definition) is 0. The van der Waals surface area contributed by atoms with Crippen molar-refractivity contribution < 1.29 is 4.74 Å². The Kier molecular flexibility index (Phi) is 4.29. The molecule has 0 amide bonds. The van der Waals surface area contributed by atoms with E-state index in [1.165, 1.54) is 0 Å². The highest BCUT2D eigenvalue weighted by molar-refractivity contribution is 9.10. The lowest BCUT2D eigenvalue weighted by atomic mass is 10.2. The van der Waals surface area contributed by atoms with E-state index >= 15 is 0 Å². The Morgan fingerprint density at radius 1 is 1.57 bits per heavy atom. The van der Waals surface area contributed by atoms with Gasteiger partial charge in [0.15, 0.2) is 0 Å². The van der Waals surface area contributed by atoms with Gasteiger partial charge in [-0.25, -0.2) is 0 Å². The fourth-order valence-corrected chi connectivity index (χ4v) is 1.20. The molecule has 1 aromatic rings. The van der Waals surface area contributed by atoms with Gasteiger partial charge < -0.3 is 4.74 Å². The molecular weight excluding hydrogens is 246 g/mol. The first-order chi connectivity index (χ1) is 6.74. The van der Waals surface area contributed by atoms with Crippen LogP contribution < -0.4 is 4.74 Å². The highest BCUT2D eigenvalue weighted by Gasteiger charge is 1.97. The minimum atomic E-state index is 0.353. The van der Waals surface area contributed by atoms with Gasteiger partial charge in [0, 0.05) is 9.38 Å². The van der Waals surface area contributed by atoms with Crippen LogP contribution in [0.4, 0.5) is 0 Å². The van der Waals surface area contributed by atoms with Crippen LogP contribution in [-0.2, 0) is 0 Å². The van der Waals surface area contributed by atoms with Gasteiger partial charge in [-0.2, -0.15) is 0 Å². The first kappa shape index (κ1) is 10.9. The molecular formula is C9H10BrN3O. The highest BCUT2D eigenvalue weighted by atomic mass is 79.9. The van der Waals surface area contributed by atoms with E-state index in [0.29, 0.717) is 13.2 Å². The van der Waals surface area contributed by atoms with E-state index in [-0.39, 0.29) is 0 Å². The molecule has 0 unspecified atom stereocenters. The van der Waals surface area contributed by atoms with Crippen molar-refractivity contribution in [3.05, 3.63) is 38.7 Å². The van der Waals surface area contributed by atoms with Gasteiger partial charge in [0.2, 0.25) is 0 Å². The van der Waals surface area contributed by atoms with Crippen molar-refractivity contribution in [1.82, 2.24) is 0 Å². The molecule has 0 saturated carbocycles. The molecule has 1 rings (SSSR count). The van der Waals surface area contributed by atoms with Gasteiger partial charge in [0.1, 0.15) is 5.75 Å². The van der Waals surface area contributed by atoms with E-state index in [1.54, 1.807) is 0 Å². The van der Waals surface area contributed by atoms with Gasteiger partial charge >= 0.3 is 0 Å². The Bertz CT molecular complexity index is 361. The Balaban J connectivity index is 2.51. The van der Waals surface area contributed by atoms with E-state index < -0.39 is 0 Å². The second-order valence-corrected chi connectivity index (χ2v) is 3.57. The Labute approximate surface area is 90.6 Å². The van der Waals surface area contributed by atoms with Gasteiger partial charge in [-0.1, -0.05) is 21.0 Å². The second-order valence-electron chi connectivity index (χ2n) is 2.71. The Morgan fingerprint density at radius 3 is 3.00 bits per heavy atom. The summed E-state index contributed by atoms with van der Waals surface area (Å²) in [5.74, 6) is 0.791. The minimum absolute atomic E-state index is 0.353. The summed E-state index contributed by atoms with van der Waals surface area (Å²) in [5, 5.41) is 3.37. The number of nitrogens with zero attached hydrogens (tertiary/aromatic N) is 3. The number of aryl methyl sites for hydroxylation is 1. The summed E-state index contributed by atoms with van der Waals surface area (Å²) in [7, 11) is 0. The van der Waals surface area contributed by atoms with E-state index in [1.807, 2.05) is 25.1 Å². The summed E-state index contributed by atoms with van der Waals surface area (Å²) in [4.78, 5) is 2.64. The molecule has 0 bridgehead atoms. The highest BCUT2D eigenvalue weighted by Crippen LogP contribution is 2.21. The number of halogens is 1. The molecule has 0 fully saturated rings. The summed E-state index contributed by atoms with van der Waals surface area (Å²) in [6, 6.07) is 5.73. The normalized spacial score (nSPS) is 9.29. The number of benzene rings is 1. The number of azide groups is 1. The van der Waals surface area contributed by atoms with Crippen LogP contribution in [0.15, 0.2) is 27.8 Å². The van der Waals surface area contributed by atoms with E-state index in [0.717, 1.165) is 15.8 Å². The van der Waals surface area contributed by atoms with Crippen LogP contribution in [-0.4, -0.2) is 13.2 Å². The lowest BCUT2D eigenvalue weighted by molar-refractivity contribution is 0.328. The Hall–Kier alpha value is -1.19. The van der Waals surface area contributed by atoms with Gasteiger partial charge in [0.25, 0.3) is 0 Å². The number of hydrogen-bond acceptors (Lipinski definition) is 2. The molecule has 0 aromatic heterocycles. The van der Waals surface area contributed by atoms with Crippen molar-refractivity contribution in [2.75, 3.05) is 13.2 Å². The van der Waals surface area contributed by atoms with E-state index in [2.05, 4.69) is 26.0 Å². The molecule has 0 aliphatic heterocycles. The molecule has 0 spiro atoms. The monoisotopic (exact) mass is 255 g/mol. The van der Waals surface area contributed by atoms with Gasteiger partial charge in [-0.15, -0.1) is 0 Å². The van der Waals surface area contributed by atoms with Crippen LogP contribution in [0, 0.1) is 6.92 Å². The first-order valence-electron chi connectivity index (χ1n) is 4.14. The SMILES string of the molecule is Cc1cc(OCCN=[N+]=[N-])ccc1Br.